The van der Waals surface area contributed by atoms with Crippen LogP contribution in [-0.4, -0.2) is 27.5 Å². The Morgan fingerprint density at radius 1 is 1.45 bits per heavy atom. The Balaban J connectivity index is 2.09. The van der Waals surface area contributed by atoms with Crippen molar-refractivity contribution in [3.8, 4) is 0 Å². The molecule has 1 aromatic heterocycles. The first-order valence-electron chi connectivity index (χ1n) is 6.69. The van der Waals surface area contributed by atoms with Gasteiger partial charge < -0.3 is 10.4 Å². The fourth-order valence-corrected chi connectivity index (χ4v) is 2.49. The van der Waals surface area contributed by atoms with Gasteiger partial charge in [0.05, 0.1) is 4.92 Å². The number of carboxylic acid groups (broad SMARTS) is 1. The minimum absolute atomic E-state index is 0.157. The van der Waals surface area contributed by atoms with Crippen LogP contribution in [0, 0.1) is 16.0 Å². The molecular weight excluding hydrogens is 262 g/mol. The van der Waals surface area contributed by atoms with Crippen LogP contribution in [0.1, 0.15) is 42.5 Å². The Kier molecular flexibility index (Phi) is 4.49. The number of aromatic nitrogens is 1. The van der Waals surface area contributed by atoms with Gasteiger partial charge in [0, 0.05) is 12.6 Å². The molecule has 2 N–H and O–H groups in total. The van der Waals surface area contributed by atoms with Crippen LogP contribution in [-0.2, 0) is 0 Å². The largest absolute Gasteiger partial charge is 0.478 e. The molecule has 0 aliphatic heterocycles. The molecule has 1 saturated carbocycles. The van der Waals surface area contributed by atoms with E-state index in [1.807, 2.05) is 0 Å². The first-order chi connectivity index (χ1) is 9.58. The first-order valence-corrected chi connectivity index (χ1v) is 6.69. The van der Waals surface area contributed by atoms with E-state index in [1.165, 1.54) is 19.3 Å². The van der Waals surface area contributed by atoms with E-state index in [4.69, 9.17) is 5.11 Å². The van der Waals surface area contributed by atoms with Gasteiger partial charge in [0.1, 0.15) is 17.6 Å². The highest BCUT2D eigenvalue weighted by Crippen LogP contribution is 2.25. The van der Waals surface area contributed by atoms with E-state index in [0.717, 1.165) is 25.1 Å². The summed E-state index contributed by atoms with van der Waals surface area (Å²) in [5.74, 6) is -0.497. The highest BCUT2D eigenvalue weighted by atomic mass is 16.6. The average molecular weight is 279 g/mol. The zero-order chi connectivity index (χ0) is 14.5. The van der Waals surface area contributed by atoms with E-state index >= 15 is 0 Å². The van der Waals surface area contributed by atoms with Gasteiger partial charge in [0.15, 0.2) is 0 Å². The number of rotatable bonds is 5. The van der Waals surface area contributed by atoms with Crippen molar-refractivity contribution >= 4 is 17.5 Å². The summed E-state index contributed by atoms with van der Waals surface area (Å²) in [5.41, 5.74) is -0.472. The van der Waals surface area contributed by atoms with E-state index in [2.05, 4.69) is 10.3 Å². The summed E-state index contributed by atoms with van der Waals surface area (Å²) >= 11 is 0. The molecular formula is C13H17N3O4. The minimum Gasteiger partial charge on any atom is -0.478 e. The Bertz CT molecular complexity index is 512. The zero-order valence-electron chi connectivity index (χ0n) is 11.0. The fourth-order valence-electron chi connectivity index (χ4n) is 2.49. The molecule has 0 unspecified atom stereocenters. The third-order valence-electron chi connectivity index (χ3n) is 3.60. The van der Waals surface area contributed by atoms with E-state index in [1.54, 1.807) is 0 Å². The van der Waals surface area contributed by atoms with Crippen molar-refractivity contribution in [1.82, 2.24) is 4.98 Å². The second kappa shape index (κ2) is 6.31. The Hall–Kier alpha value is -2.18. The van der Waals surface area contributed by atoms with Crippen molar-refractivity contribution in [2.45, 2.75) is 32.1 Å². The molecule has 20 heavy (non-hydrogen) atoms. The normalized spacial score (nSPS) is 15.8. The van der Waals surface area contributed by atoms with Crippen LogP contribution in [0.15, 0.2) is 12.3 Å². The summed E-state index contributed by atoms with van der Waals surface area (Å²) in [4.78, 5) is 25.0. The van der Waals surface area contributed by atoms with Gasteiger partial charge in [-0.25, -0.2) is 9.78 Å². The van der Waals surface area contributed by atoms with Crippen LogP contribution in [0.5, 0.6) is 0 Å². The van der Waals surface area contributed by atoms with Crippen LogP contribution < -0.4 is 5.32 Å². The fraction of sp³-hybridized carbons (Fsp3) is 0.538. The summed E-state index contributed by atoms with van der Waals surface area (Å²) in [6.45, 7) is 0.658. The highest BCUT2D eigenvalue weighted by Gasteiger charge is 2.19. The van der Waals surface area contributed by atoms with Crippen LogP contribution >= 0.6 is 0 Å². The predicted molar refractivity (Wildman–Crippen MR) is 72.9 cm³/mol. The Morgan fingerprint density at radius 3 is 2.75 bits per heavy atom. The molecule has 0 amide bonds. The molecule has 0 atom stereocenters. The third-order valence-corrected chi connectivity index (χ3v) is 3.60. The van der Waals surface area contributed by atoms with Crippen molar-refractivity contribution in [1.29, 1.82) is 0 Å². The van der Waals surface area contributed by atoms with Gasteiger partial charge in [0.25, 0.3) is 5.69 Å². The van der Waals surface area contributed by atoms with Crippen LogP contribution in [0.25, 0.3) is 0 Å². The van der Waals surface area contributed by atoms with Crippen molar-refractivity contribution in [3.05, 3.63) is 27.9 Å². The number of nitro groups is 1. The third kappa shape index (κ3) is 3.43. The molecule has 1 heterocycles. The lowest BCUT2D eigenvalue weighted by Gasteiger charge is -2.22. The molecule has 7 nitrogen and oxygen atoms in total. The number of carboxylic acids is 1. The lowest BCUT2D eigenvalue weighted by atomic mass is 9.89. The number of anilines is 1. The van der Waals surface area contributed by atoms with E-state index in [9.17, 15) is 14.9 Å². The van der Waals surface area contributed by atoms with Crippen LogP contribution in [0.4, 0.5) is 11.5 Å². The van der Waals surface area contributed by atoms with E-state index in [-0.39, 0.29) is 17.1 Å². The van der Waals surface area contributed by atoms with Gasteiger partial charge in [-0.2, -0.15) is 0 Å². The summed E-state index contributed by atoms with van der Waals surface area (Å²) in [6, 6.07) is 1.04. The second-order valence-corrected chi connectivity index (χ2v) is 5.04. The first kappa shape index (κ1) is 14.2. The van der Waals surface area contributed by atoms with Gasteiger partial charge in [-0.3, -0.25) is 10.1 Å². The van der Waals surface area contributed by atoms with Crippen LogP contribution in [0.2, 0.25) is 0 Å². The molecule has 108 valence electrons. The maximum absolute atomic E-state index is 11.1. The molecule has 0 bridgehead atoms. The monoisotopic (exact) mass is 279 g/mol. The summed E-state index contributed by atoms with van der Waals surface area (Å²) in [5, 5.41) is 22.8. The van der Waals surface area contributed by atoms with Gasteiger partial charge in [-0.1, -0.05) is 19.3 Å². The van der Waals surface area contributed by atoms with E-state index < -0.39 is 10.9 Å². The lowest BCUT2D eigenvalue weighted by molar-refractivity contribution is -0.385. The summed E-state index contributed by atoms with van der Waals surface area (Å²) in [7, 11) is 0. The topological polar surface area (TPSA) is 105 Å². The molecule has 1 aliphatic carbocycles. The second-order valence-electron chi connectivity index (χ2n) is 5.04. The molecule has 7 heteroatoms. The highest BCUT2D eigenvalue weighted by molar-refractivity contribution is 5.93. The molecule has 1 aromatic rings. The minimum atomic E-state index is -1.22. The quantitative estimate of drug-likeness (QED) is 0.634. The molecule has 1 aliphatic rings. The number of carbonyl (C=O) groups is 1. The Labute approximate surface area is 116 Å². The van der Waals surface area contributed by atoms with Gasteiger partial charge in [-0.15, -0.1) is 0 Å². The number of pyridine rings is 1. The Morgan fingerprint density at radius 2 is 2.15 bits per heavy atom. The molecule has 0 saturated heterocycles. The van der Waals surface area contributed by atoms with Gasteiger partial charge in [0.2, 0.25) is 0 Å². The number of hydrogen-bond acceptors (Lipinski definition) is 5. The van der Waals surface area contributed by atoms with Gasteiger partial charge >= 0.3 is 5.97 Å². The molecule has 2 rings (SSSR count). The van der Waals surface area contributed by atoms with Crippen molar-refractivity contribution in [2.24, 2.45) is 5.92 Å². The number of hydrogen-bond donors (Lipinski definition) is 2. The summed E-state index contributed by atoms with van der Waals surface area (Å²) in [6.07, 6.45) is 6.99. The maximum atomic E-state index is 11.1. The van der Waals surface area contributed by atoms with Crippen molar-refractivity contribution < 1.29 is 14.8 Å². The number of nitrogens with one attached hydrogen (secondary N) is 1. The lowest BCUT2D eigenvalue weighted by Crippen LogP contribution is -2.19. The predicted octanol–water partition coefficient (Wildman–Crippen LogP) is 2.68. The van der Waals surface area contributed by atoms with Gasteiger partial charge in [-0.05, 0) is 18.8 Å². The standard InChI is InChI=1S/C13H17N3O4/c17-13(18)11-6-10(16(19)20)8-15-12(11)14-7-9-4-2-1-3-5-9/h6,8-9H,1-5,7H2,(H,14,15)(H,17,18). The smallest absolute Gasteiger partial charge is 0.339 e. The molecule has 1 fully saturated rings. The zero-order valence-corrected chi connectivity index (χ0v) is 11.0. The SMILES string of the molecule is O=C(O)c1cc([N+](=O)[O-])cnc1NCC1CCCCC1. The number of aromatic carboxylic acids is 1. The summed E-state index contributed by atoms with van der Waals surface area (Å²) < 4.78 is 0. The average Bonchev–Trinajstić information content (AvgIpc) is 2.45. The van der Waals surface area contributed by atoms with Crippen molar-refractivity contribution in [3.63, 3.8) is 0 Å². The van der Waals surface area contributed by atoms with Crippen LogP contribution in [0.3, 0.4) is 0 Å². The maximum Gasteiger partial charge on any atom is 0.339 e. The molecule has 0 spiro atoms. The van der Waals surface area contributed by atoms with Crippen molar-refractivity contribution in [2.75, 3.05) is 11.9 Å². The molecule has 0 radical (unpaired) electrons. The van der Waals surface area contributed by atoms with E-state index in [0.29, 0.717) is 12.5 Å². The number of nitrogens with zero attached hydrogens (tertiary/aromatic N) is 2. The molecule has 0 aromatic carbocycles.